The Labute approximate surface area is 293 Å². The Hall–Kier alpha value is -4.26. The highest BCUT2D eigenvalue weighted by atomic mass is 16.6. The van der Waals surface area contributed by atoms with E-state index in [-0.39, 0.29) is 18.9 Å². The Morgan fingerprint density at radius 2 is 1.72 bits per heavy atom. The number of carbonyl (C=O) groups is 3. The van der Waals surface area contributed by atoms with Crippen LogP contribution in [0, 0.1) is 5.92 Å². The van der Waals surface area contributed by atoms with E-state index in [4.69, 9.17) is 19.2 Å². The lowest BCUT2D eigenvalue weighted by Gasteiger charge is -2.37. The number of aliphatic hydroxyl groups is 1. The van der Waals surface area contributed by atoms with E-state index < -0.39 is 53.5 Å². The van der Waals surface area contributed by atoms with E-state index in [0.717, 1.165) is 17.4 Å². The highest BCUT2D eigenvalue weighted by molar-refractivity contribution is 5.94. The number of carboxylic acid groups (broad SMARTS) is 1. The van der Waals surface area contributed by atoms with E-state index in [2.05, 4.69) is 10.6 Å². The van der Waals surface area contributed by atoms with Gasteiger partial charge in [-0.05, 0) is 51.7 Å². The summed E-state index contributed by atoms with van der Waals surface area (Å²) < 4.78 is 17.8. The average Bonchev–Trinajstić information content (AvgIpc) is 3.50. The van der Waals surface area contributed by atoms with Crippen LogP contribution in [0.5, 0.6) is 11.5 Å². The predicted octanol–water partition coefficient (Wildman–Crippen LogP) is 4.87. The van der Waals surface area contributed by atoms with Crippen LogP contribution < -0.4 is 20.1 Å². The molecular formula is C38H50N4O8. The highest BCUT2D eigenvalue weighted by Crippen LogP contribution is 2.35. The number of hydrogen-bond donors (Lipinski definition) is 4. The van der Waals surface area contributed by atoms with Crippen LogP contribution in [0.15, 0.2) is 54.6 Å². The second kappa shape index (κ2) is 15.3. The third kappa shape index (κ3) is 8.54. The Morgan fingerprint density at radius 1 is 1.02 bits per heavy atom. The summed E-state index contributed by atoms with van der Waals surface area (Å²) >= 11 is 0. The van der Waals surface area contributed by atoms with Gasteiger partial charge in [-0.1, -0.05) is 63.4 Å². The summed E-state index contributed by atoms with van der Waals surface area (Å²) in [7, 11) is 1.59. The number of aliphatic hydroxyl groups excluding tert-OH is 1. The molecule has 2 aliphatic rings. The van der Waals surface area contributed by atoms with Crippen LogP contribution in [-0.2, 0) is 19.1 Å². The van der Waals surface area contributed by atoms with Gasteiger partial charge < -0.3 is 34.6 Å². The maximum atomic E-state index is 14.3. The van der Waals surface area contributed by atoms with Crippen LogP contribution in [0.25, 0.3) is 22.2 Å². The molecule has 0 bridgehead atoms. The molecule has 270 valence electrons. The Balaban J connectivity index is 1.49. The van der Waals surface area contributed by atoms with Crippen molar-refractivity contribution in [1.29, 1.82) is 0 Å². The molecule has 2 fully saturated rings. The molecule has 3 aromatic rings. The topological polar surface area (TPSA) is 160 Å². The zero-order valence-electron chi connectivity index (χ0n) is 29.8. The number of amides is 2. The summed E-state index contributed by atoms with van der Waals surface area (Å²) in [5.41, 5.74) is 0.126. The Bertz CT molecular complexity index is 1670. The van der Waals surface area contributed by atoms with Crippen molar-refractivity contribution >= 4 is 28.7 Å². The minimum atomic E-state index is -1.44. The second-order valence-electron chi connectivity index (χ2n) is 14.6. The normalized spacial score (nSPS) is 20.4. The van der Waals surface area contributed by atoms with E-state index in [1.54, 1.807) is 27.9 Å². The van der Waals surface area contributed by atoms with E-state index in [0.29, 0.717) is 48.4 Å². The van der Waals surface area contributed by atoms with Gasteiger partial charge in [-0.15, -0.1) is 0 Å². The van der Waals surface area contributed by atoms with Crippen LogP contribution in [0.3, 0.4) is 0 Å². The van der Waals surface area contributed by atoms with Gasteiger partial charge in [0.25, 0.3) is 0 Å². The molecule has 0 spiro atoms. The van der Waals surface area contributed by atoms with Crippen molar-refractivity contribution in [3.05, 3.63) is 54.6 Å². The number of likely N-dealkylation sites (tertiary alicyclic amines) is 1. The van der Waals surface area contributed by atoms with Crippen molar-refractivity contribution in [2.75, 3.05) is 13.7 Å². The molecule has 1 unspecified atom stereocenters. The van der Waals surface area contributed by atoms with Gasteiger partial charge in [0.1, 0.15) is 29.2 Å². The monoisotopic (exact) mass is 690 g/mol. The van der Waals surface area contributed by atoms with Crippen molar-refractivity contribution < 1.29 is 38.8 Å². The number of methoxy groups -OCH3 is 1. The van der Waals surface area contributed by atoms with Gasteiger partial charge >= 0.3 is 5.97 Å². The first-order valence-corrected chi connectivity index (χ1v) is 17.4. The van der Waals surface area contributed by atoms with Gasteiger partial charge in [0.15, 0.2) is 0 Å². The van der Waals surface area contributed by atoms with Crippen molar-refractivity contribution in [3.63, 3.8) is 0 Å². The summed E-state index contributed by atoms with van der Waals surface area (Å²) in [4.78, 5) is 47.3. The summed E-state index contributed by atoms with van der Waals surface area (Å²) in [5.74, 6) is -1.18. The van der Waals surface area contributed by atoms with Gasteiger partial charge in [0, 0.05) is 29.5 Å². The van der Waals surface area contributed by atoms with Crippen LogP contribution >= 0.6 is 0 Å². The maximum Gasteiger partial charge on any atom is 0.329 e. The quantitative estimate of drug-likeness (QED) is 0.193. The van der Waals surface area contributed by atoms with Gasteiger partial charge in [0.2, 0.25) is 18.2 Å². The first kappa shape index (κ1) is 37.0. The number of pyridine rings is 1. The number of hydrogen-bond acceptors (Lipinski definition) is 9. The lowest BCUT2D eigenvalue weighted by atomic mass is 9.81. The lowest BCUT2D eigenvalue weighted by molar-refractivity contribution is -0.190. The number of nitrogens with zero attached hydrogens (tertiary/aromatic N) is 2. The molecule has 0 radical (unpaired) electrons. The van der Waals surface area contributed by atoms with E-state index in [1.165, 1.54) is 4.90 Å². The molecule has 1 aromatic heterocycles. The van der Waals surface area contributed by atoms with Crippen molar-refractivity contribution in [2.24, 2.45) is 5.92 Å². The van der Waals surface area contributed by atoms with E-state index >= 15 is 0 Å². The smallest absolute Gasteiger partial charge is 0.329 e. The van der Waals surface area contributed by atoms with E-state index in [9.17, 15) is 24.6 Å². The third-order valence-corrected chi connectivity index (χ3v) is 9.39. The number of nitrogens with one attached hydrogen (secondary N) is 2. The number of aromatic nitrogens is 1. The Kier molecular flexibility index (Phi) is 11.3. The summed E-state index contributed by atoms with van der Waals surface area (Å²) in [5, 5.41) is 27.4. The number of rotatable bonds is 12. The van der Waals surface area contributed by atoms with Crippen LogP contribution in [0.2, 0.25) is 0 Å². The number of aliphatic carboxylic acids is 1. The third-order valence-electron chi connectivity index (χ3n) is 9.39. The average molecular weight is 691 g/mol. The van der Waals surface area contributed by atoms with Gasteiger partial charge in [-0.25, -0.2) is 9.78 Å². The molecule has 1 saturated carbocycles. The SMILES string of the molecule is COc1ccc2c(O[C@@H]3C[C@@H](C(=O)NC4(C(=O)O)CCCCC4)N(C(=O)[C@@H](NC(O)OC(C)(C)C)C(C)C)C3)cc(-c3ccccc3)nc2c1. The minimum absolute atomic E-state index is 0.0543. The molecule has 2 amide bonds. The number of fused-ring (bicyclic) bond motifs is 1. The van der Waals surface area contributed by atoms with Gasteiger partial charge in [0.05, 0.1) is 36.5 Å². The van der Waals surface area contributed by atoms with Crippen LogP contribution in [-0.4, -0.2) is 87.3 Å². The molecule has 1 aliphatic heterocycles. The molecule has 2 aromatic carbocycles. The van der Waals surface area contributed by atoms with Gasteiger partial charge in [-0.3, -0.25) is 14.9 Å². The fraction of sp³-hybridized carbons (Fsp3) is 0.526. The number of carboxylic acids is 1. The molecule has 4 N–H and O–H groups in total. The first-order chi connectivity index (χ1) is 23.7. The van der Waals surface area contributed by atoms with Crippen molar-refractivity contribution in [2.45, 2.75) is 109 Å². The zero-order chi connectivity index (χ0) is 36.2. The number of carbonyl (C=O) groups excluding carboxylic acids is 2. The summed E-state index contributed by atoms with van der Waals surface area (Å²) in [6, 6.07) is 15.1. The van der Waals surface area contributed by atoms with Crippen LogP contribution in [0.1, 0.15) is 73.1 Å². The molecule has 1 saturated heterocycles. The molecule has 1 aliphatic carbocycles. The summed E-state index contributed by atoms with van der Waals surface area (Å²) in [6.07, 6.45) is 0.947. The predicted molar refractivity (Wildman–Crippen MR) is 188 cm³/mol. The standard InChI is InChI=1S/C38H50N4O8/c1-23(2)32(40-36(47)50-37(3,4)5)34(44)42-22-26(20-30(42)33(43)41-38(35(45)46)17-11-8-12-18-38)49-31-21-28(24-13-9-7-10-14-24)39-29-19-25(48-6)15-16-27(29)31/h7,9-10,13-16,19,21,23,26,30,32,36,40,47H,8,11-12,17-18,20,22H2,1-6H3,(H,41,43)(H,45,46)/t26-,30+,32+,36?/m1/s1. The van der Waals surface area contributed by atoms with E-state index in [1.807, 2.05) is 68.4 Å². The highest BCUT2D eigenvalue weighted by Gasteiger charge is 2.48. The molecule has 4 atom stereocenters. The van der Waals surface area contributed by atoms with Crippen molar-refractivity contribution in [1.82, 2.24) is 20.5 Å². The molecule has 12 heteroatoms. The number of benzene rings is 2. The zero-order valence-corrected chi connectivity index (χ0v) is 29.8. The largest absolute Gasteiger partial charge is 0.497 e. The first-order valence-electron chi connectivity index (χ1n) is 17.4. The fourth-order valence-electron chi connectivity index (χ4n) is 6.83. The lowest BCUT2D eigenvalue weighted by Crippen LogP contribution is -2.61. The van der Waals surface area contributed by atoms with Crippen LogP contribution in [0.4, 0.5) is 0 Å². The fourth-order valence-corrected chi connectivity index (χ4v) is 6.83. The minimum Gasteiger partial charge on any atom is -0.497 e. The molecule has 5 rings (SSSR count). The molecule has 12 nitrogen and oxygen atoms in total. The molecule has 2 heterocycles. The van der Waals surface area contributed by atoms with Crippen molar-refractivity contribution in [3.8, 4) is 22.8 Å². The number of ether oxygens (including phenoxy) is 3. The Morgan fingerprint density at radius 3 is 2.34 bits per heavy atom. The molecule has 50 heavy (non-hydrogen) atoms. The summed E-state index contributed by atoms with van der Waals surface area (Å²) in [6.45, 7) is 9.10. The maximum absolute atomic E-state index is 14.3. The second-order valence-corrected chi connectivity index (χ2v) is 14.6. The van der Waals surface area contributed by atoms with Gasteiger partial charge in [-0.2, -0.15) is 0 Å². The molecular weight excluding hydrogens is 640 g/mol.